The van der Waals surface area contributed by atoms with Crippen LogP contribution in [0, 0.1) is 17.6 Å². The standard InChI is InChI=1S/C26H30F2N2O4/c1-33-23-9-7-17(13-24(23)34-20-4-2-3-5-20)19-12-18(26(32)30(14-19)15-25(29)31)10-16-6-8-21(27)22(28)11-16/h6-9,11,13,18-20H,2-5,10,12,14-15H2,1H3,(H2,29,31)/t18?,19-/m1/s1. The number of methoxy groups -OCH3 is 1. The van der Waals surface area contributed by atoms with Gasteiger partial charge in [-0.25, -0.2) is 8.78 Å². The molecule has 2 amide bonds. The van der Waals surface area contributed by atoms with E-state index in [-0.39, 0.29) is 30.9 Å². The number of carbonyl (C=O) groups excluding carboxylic acids is 2. The van der Waals surface area contributed by atoms with Crippen molar-refractivity contribution in [1.82, 2.24) is 4.90 Å². The number of rotatable bonds is 8. The van der Waals surface area contributed by atoms with Crippen LogP contribution in [-0.2, 0) is 16.0 Å². The fourth-order valence-corrected chi connectivity index (χ4v) is 5.05. The molecule has 34 heavy (non-hydrogen) atoms. The van der Waals surface area contributed by atoms with E-state index in [9.17, 15) is 18.4 Å². The normalized spacial score (nSPS) is 21.0. The van der Waals surface area contributed by atoms with Crippen molar-refractivity contribution in [3.63, 3.8) is 0 Å². The maximum atomic E-state index is 13.7. The summed E-state index contributed by atoms with van der Waals surface area (Å²) in [5, 5.41) is 0. The molecule has 2 fully saturated rings. The van der Waals surface area contributed by atoms with Crippen molar-refractivity contribution in [3.8, 4) is 11.5 Å². The number of primary amides is 1. The molecule has 2 aromatic carbocycles. The van der Waals surface area contributed by atoms with Crippen LogP contribution < -0.4 is 15.2 Å². The first-order valence-electron chi connectivity index (χ1n) is 11.7. The van der Waals surface area contributed by atoms with Crippen LogP contribution in [0.15, 0.2) is 36.4 Å². The van der Waals surface area contributed by atoms with Gasteiger partial charge in [-0.05, 0) is 73.9 Å². The van der Waals surface area contributed by atoms with Gasteiger partial charge < -0.3 is 20.1 Å². The van der Waals surface area contributed by atoms with Crippen LogP contribution in [-0.4, -0.2) is 43.0 Å². The zero-order chi connectivity index (χ0) is 24.2. The van der Waals surface area contributed by atoms with Crippen molar-refractivity contribution in [2.45, 2.75) is 50.5 Å². The molecule has 4 rings (SSSR count). The first-order chi connectivity index (χ1) is 16.3. The van der Waals surface area contributed by atoms with Gasteiger partial charge in [-0.15, -0.1) is 0 Å². The van der Waals surface area contributed by atoms with Crippen molar-refractivity contribution < 1.29 is 27.8 Å². The molecule has 1 saturated carbocycles. The van der Waals surface area contributed by atoms with Crippen LogP contribution in [0.25, 0.3) is 0 Å². The van der Waals surface area contributed by atoms with Crippen LogP contribution in [0.1, 0.15) is 49.1 Å². The topological polar surface area (TPSA) is 81.9 Å². The average molecular weight is 473 g/mol. The third-order valence-electron chi connectivity index (χ3n) is 6.74. The Labute approximate surface area is 198 Å². The molecular formula is C26H30F2N2O4. The molecule has 0 radical (unpaired) electrons. The number of hydrogen-bond donors (Lipinski definition) is 1. The second kappa shape index (κ2) is 10.4. The fourth-order valence-electron chi connectivity index (χ4n) is 5.05. The molecule has 182 valence electrons. The highest BCUT2D eigenvalue weighted by Gasteiger charge is 2.36. The maximum Gasteiger partial charge on any atom is 0.237 e. The molecule has 1 unspecified atom stereocenters. The number of nitrogens with two attached hydrogens (primary N) is 1. The summed E-state index contributed by atoms with van der Waals surface area (Å²) >= 11 is 0. The van der Waals surface area contributed by atoms with Gasteiger partial charge in [-0.1, -0.05) is 12.1 Å². The van der Waals surface area contributed by atoms with E-state index in [4.69, 9.17) is 15.2 Å². The van der Waals surface area contributed by atoms with Crippen LogP contribution in [0.5, 0.6) is 11.5 Å². The number of likely N-dealkylation sites (tertiary alicyclic amines) is 1. The highest BCUT2D eigenvalue weighted by Crippen LogP contribution is 2.38. The van der Waals surface area contributed by atoms with Crippen molar-refractivity contribution >= 4 is 11.8 Å². The summed E-state index contributed by atoms with van der Waals surface area (Å²) in [5.41, 5.74) is 6.89. The number of benzene rings is 2. The van der Waals surface area contributed by atoms with Crippen LogP contribution in [0.4, 0.5) is 8.78 Å². The number of carbonyl (C=O) groups is 2. The van der Waals surface area contributed by atoms with Crippen molar-refractivity contribution in [3.05, 3.63) is 59.2 Å². The highest BCUT2D eigenvalue weighted by atomic mass is 19.2. The van der Waals surface area contributed by atoms with E-state index in [0.717, 1.165) is 43.4 Å². The van der Waals surface area contributed by atoms with Gasteiger partial charge in [0.25, 0.3) is 0 Å². The summed E-state index contributed by atoms with van der Waals surface area (Å²) in [4.78, 5) is 26.2. The number of hydrogen-bond acceptors (Lipinski definition) is 4. The summed E-state index contributed by atoms with van der Waals surface area (Å²) in [6.07, 6.45) is 5.20. The molecule has 2 aliphatic rings. The molecule has 1 aliphatic carbocycles. The molecule has 0 spiro atoms. The summed E-state index contributed by atoms with van der Waals surface area (Å²) in [6.45, 7) is 0.149. The van der Waals surface area contributed by atoms with Gasteiger partial charge in [0.1, 0.15) is 0 Å². The minimum Gasteiger partial charge on any atom is -0.493 e. The Hall–Kier alpha value is -3.16. The summed E-state index contributed by atoms with van der Waals surface area (Å²) < 4.78 is 38.8. The molecule has 1 saturated heterocycles. The Bertz CT molecular complexity index is 1060. The SMILES string of the molecule is COc1ccc([C@@H]2CC(Cc3ccc(F)c(F)c3)C(=O)N(CC(N)=O)C2)cc1OC1CCCC1. The molecule has 1 aliphatic heterocycles. The fraction of sp³-hybridized carbons (Fsp3) is 0.462. The van der Waals surface area contributed by atoms with E-state index in [1.54, 1.807) is 7.11 Å². The molecule has 6 nitrogen and oxygen atoms in total. The van der Waals surface area contributed by atoms with Crippen LogP contribution >= 0.6 is 0 Å². The largest absolute Gasteiger partial charge is 0.493 e. The van der Waals surface area contributed by atoms with Crippen molar-refractivity contribution in [2.24, 2.45) is 11.7 Å². The minimum atomic E-state index is -0.949. The number of amides is 2. The van der Waals surface area contributed by atoms with Gasteiger partial charge in [-0.2, -0.15) is 0 Å². The van der Waals surface area contributed by atoms with E-state index in [1.807, 2.05) is 18.2 Å². The molecule has 0 bridgehead atoms. The first-order valence-corrected chi connectivity index (χ1v) is 11.7. The van der Waals surface area contributed by atoms with Gasteiger partial charge in [0.05, 0.1) is 19.8 Å². The average Bonchev–Trinajstić information content (AvgIpc) is 3.31. The molecule has 2 atom stereocenters. The number of halogens is 2. The third-order valence-corrected chi connectivity index (χ3v) is 6.74. The Morgan fingerprint density at radius 1 is 1.09 bits per heavy atom. The Morgan fingerprint density at radius 2 is 1.85 bits per heavy atom. The third kappa shape index (κ3) is 5.48. The number of nitrogens with zero attached hydrogens (tertiary/aromatic N) is 1. The molecule has 8 heteroatoms. The zero-order valence-corrected chi connectivity index (χ0v) is 19.3. The molecule has 0 aromatic heterocycles. The van der Waals surface area contributed by atoms with Crippen molar-refractivity contribution in [1.29, 1.82) is 0 Å². The van der Waals surface area contributed by atoms with Crippen molar-refractivity contribution in [2.75, 3.05) is 20.2 Å². The van der Waals surface area contributed by atoms with Gasteiger partial charge >= 0.3 is 0 Å². The van der Waals surface area contributed by atoms with Crippen LogP contribution in [0.3, 0.4) is 0 Å². The van der Waals surface area contributed by atoms with Gasteiger partial charge in [0, 0.05) is 18.4 Å². The van der Waals surface area contributed by atoms with E-state index < -0.39 is 23.5 Å². The molecular weight excluding hydrogens is 442 g/mol. The second-order valence-electron chi connectivity index (χ2n) is 9.20. The molecule has 2 N–H and O–H groups in total. The van der Waals surface area contributed by atoms with Gasteiger partial charge in [0.2, 0.25) is 11.8 Å². The van der Waals surface area contributed by atoms with E-state index in [1.165, 1.54) is 11.0 Å². The number of piperidine rings is 1. The lowest BCUT2D eigenvalue weighted by Gasteiger charge is -2.37. The van der Waals surface area contributed by atoms with E-state index in [2.05, 4.69) is 0 Å². The zero-order valence-electron chi connectivity index (χ0n) is 19.3. The molecule has 2 aromatic rings. The second-order valence-corrected chi connectivity index (χ2v) is 9.20. The van der Waals surface area contributed by atoms with Crippen LogP contribution in [0.2, 0.25) is 0 Å². The summed E-state index contributed by atoms with van der Waals surface area (Å²) in [6, 6.07) is 9.42. The Morgan fingerprint density at radius 3 is 2.53 bits per heavy atom. The predicted molar refractivity (Wildman–Crippen MR) is 123 cm³/mol. The molecule has 1 heterocycles. The summed E-state index contributed by atoms with van der Waals surface area (Å²) in [7, 11) is 1.60. The monoisotopic (exact) mass is 472 g/mol. The van der Waals surface area contributed by atoms with Gasteiger partial charge in [0.15, 0.2) is 23.1 Å². The van der Waals surface area contributed by atoms with E-state index >= 15 is 0 Å². The smallest absolute Gasteiger partial charge is 0.237 e. The van der Waals surface area contributed by atoms with E-state index in [0.29, 0.717) is 30.0 Å². The van der Waals surface area contributed by atoms with Gasteiger partial charge in [-0.3, -0.25) is 9.59 Å². The maximum absolute atomic E-state index is 13.7. The quantitative estimate of drug-likeness (QED) is 0.631. The predicted octanol–water partition coefficient (Wildman–Crippen LogP) is 3.95. The minimum absolute atomic E-state index is 0.0795. The summed E-state index contributed by atoms with van der Waals surface area (Å²) in [5.74, 6) is -1.95. The Kier molecular flexibility index (Phi) is 7.34. The Balaban J connectivity index is 1.59. The first kappa shape index (κ1) is 24.0. The highest BCUT2D eigenvalue weighted by molar-refractivity contribution is 5.86. The lowest BCUT2D eigenvalue weighted by Crippen LogP contribution is -2.48. The lowest BCUT2D eigenvalue weighted by molar-refractivity contribution is -0.142. The lowest BCUT2D eigenvalue weighted by atomic mass is 9.81. The number of ether oxygens (including phenoxy) is 2.